The third-order valence-corrected chi connectivity index (χ3v) is 8.08. The van der Waals surface area contributed by atoms with Crippen LogP contribution in [0.4, 0.5) is 16.2 Å². The van der Waals surface area contributed by atoms with Crippen molar-refractivity contribution in [3.63, 3.8) is 0 Å². The molecule has 0 aromatic heterocycles. The van der Waals surface area contributed by atoms with Gasteiger partial charge in [0.2, 0.25) is 0 Å². The summed E-state index contributed by atoms with van der Waals surface area (Å²) in [7, 11) is 3.68. The summed E-state index contributed by atoms with van der Waals surface area (Å²) < 4.78 is 12.0. The summed E-state index contributed by atoms with van der Waals surface area (Å²) in [4.78, 5) is 31.0. The van der Waals surface area contributed by atoms with Crippen LogP contribution in [0.1, 0.15) is 29.8 Å². The molecule has 0 unspecified atom stereocenters. The molecule has 0 saturated carbocycles. The van der Waals surface area contributed by atoms with Gasteiger partial charge in [-0.3, -0.25) is 9.69 Å². The fourth-order valence-corrected chi connectivity index (χ4v) is 5.58. The van der Waals surface area contributed by atoms with E-state index in [0.29, 0.717) is 42.3 Å². The first-order chi connectivity index (χ1) is 21.3. The van der Waals surface area contributed by atoms with Gasteiger partial charge >= 0.3 is 6.03 Å². The molecule has 0 bridgehead atoms. The van der Waals surface area contributed by atoms with E-state index in [-0.39, 0.29) is 30.6 Å². The number of nitrogens with zero attached hydrogens (tertiary/aromatic N) is 2. The van der Waals surface area contributed by atoms with E-state index in [0.717, 1.165) is 22.1 Å². The zero-order chi connectivity index (χ0) is 31.2. The van der Waals surface area contributed by atoms with Crippen LogP contribution >= 0.6 is 0 Å². The average Bonchev–Trinajstić information content (AvgIpc) is 3.03. The number of rotatable bonds is 9. The van der Waals surface area contributed by atoms with Gasteiger partial charge in [-0.25, -0.2) is 4.79 Å². The highest BCUT2D eigenvalue weighted by molar-refractivity contribution is 6.08. The lowest BCUT2D eigenvalue weighted by atomic mass is 9.99. The Bertz CT molecular complexity index is 1600. The van der Waals surface area contributed by atoms with Crippen LogP contribution < -0.4 is 20.1 Å². The quantitative estimate of drug-likeness (QED) is 0.224. The Hall–Kier alpha value is -4.60. The number of benzene rings is 4. The molecule has 0 spiro atoms. The normalized spacial score (nSPS) is 17.3. The van der Waals surface area contributed by atoms with E-state index in [1.54, 1.807) is 30.2 Å². The van der Waals surface area contributed by atoms with Gasteiger partial charge in [-0.2, -0.15) is 0 Å². The summed E-state index contributed by atoms with van der Waals surface area (Å²) in [6.45, 7) is 5.38. The summed E-state index contributed by atoms with van der Waals surface area (Å²) in [5.41, 5.74) is 2.53. The Balaban J connectivity index is 1.42. The molecular weight excluding hydrogens is 556 g/mol. The number of para-hydroxylation sites is 1. The van der Waals surface area contributed by atoms with Gasteiger partial charge in [0.15, 0.2) is 5.75 Å². The topological polar surface area (TPSA) is 103 Å². The van der Waals surface area contributed by atoms with Crippen LogP contribution in [0, 0.1) is 5.92 Å². The van der Waals surface area contributed by atoms with Crippen LogP contribution in [0.2, 0.25) is 0 Å². The Morgan fingerprint density at radius 2 is 1.70 bits per heavy atom. The van der Waals surface area contributed by atoms with Crippen molar-refractivity contribution in [1.29, 1.82) is 0 Å². The van der Waals surface area contributed by atoms with Gasteiger partial charge in [0, 0.05) is 30.9 Å². The number of carbonyl (C=O) groups excluding carboxylic acids is 2. The van der Waals surface area contributed by atoms with Crippen LogP contribution in [-0.4, -0.2) is 72.8 Å². The highest BCUT2D eigenvalue weighted by Gasteiger charge is 2.34. The van der Waals surface area contributed by atoms with E-state index in [1.165, 1.54) is 0 Å². The molecule has 4 aromatic rings. The number of urea groups is 1. The fraction of sp³-hybridized carbons (Fsp3) is 0.314. The monoisotopic (exact) mass is 596 g/mol. The molecule has 3 N–H and O–H groups in total. The number of methoxy groups -OCH3 is 1. The number of hydrogen-bond acceptors (Lipinski definition) is 6. The van der Waals surface area contributed by atoms with Gasteiger partial charge in [0.1, 0.15) is 11.9 Å². The third kappa shape index (κ3) is 6.96. The zero-order valence-corrected chi connectivity index (χ0v) is 25.6. The fourth-order valence-electron chi connectivity index (χ4n) is 5.58. The molecule has 3 atom stereocenters. The van der Waals surface area contributed by atoms with Gasteiger partial charge in [-0.05, 0) is 55.3 Å². The molecular formula is C35H40N4O5. The molecule has 1 aliphatic rings. The first-order valence-electron chi connectivity index (χ1n) is 14.9. The molecule has 44 heavy (non-hydrogen) atoms. The standard InChI is InChI=1S/C35H40N4O5/c1-23-19-39(24(2)22-40)34(41)29-12-8-14-31(37-35(42)36-30-13-7-10-26-9-5-6-11-28(26)30)33(29)44-32(23)21-38(3)20-25-15-17-27(43-4)18-16-25/h5-18,23-24,32,40H,19-22H2,1-4H3,(H2,36,37,42)/t23-,24+,32-/m1/s1. The highest BCUT2D eigenvalue weighted by atomic mass is 16.5. The third-order valence-electron chi connectivity index (χ3n) is 8.08. The van der Waals surface area contributed by atoms with Gasteiger partial charge in [-0.1, -0.05) is 61.5 Å². The minimum Gasteiger partial charge on any atom is -0.497 e. The van der Waals surface area contributed by atoms with Gasteiger partial charge in [-0.15, -0.1) is 0 Å². The minimum absolute atomic E-state index is 0.0722. The largest absolute Gasteiger partial charge is 0.497 e. The molecule has 1 heterocycles. The van der Waals surface area contributed by atoms with Gasteiger partial charge in [0.05, 0.1) is 36.7 Å². The lowest BCUT2D eigenvalue weighted by Gasteiger charge is -2.38. The maximum absolute atomic E-state index is 13.8. The zero-order valence-electron chi connectivity index (χ0n) is 25.6. The van der Waals surface area contributed by atoms with Crippen molar-refractivity contribution < 1.29 is 24.2 Å². The lowest BCUT2D eigenvalue weighted by Crippen LogP contribution is -2.49. The van der Waals surface area contributed by atoms with Gasteiger partial charge in [0.25, 0.3) is 5.91 Å². The number of amides is 3. The summed E-state index contributed by atoms with van der Waals surface area (Å²) >= 11 is 0. The Kier molecular flexibility index (Phi) is 9.67. The van der Waals surface area contributed by atoms with Crippen molar-refractivity contribution in [2.75, 3.05) is 44.5 Å². The number of carbonyl (C=O) groups is 2. The molecule has 230 valence electrons. The summed E-state index contributed by atoms with van der Waals surface area (Å²) in [5.74, 6) is 0.793. The van der Waals surface area contributed by atoms with Crippen molar-refractivity contribution in [2.45, 2.75) is 32.5 Å². The maximum Gasteiger partial charge on any atom is 0.323 e. The average molecular weight is 597 g/mol. The Morgan fingerprint density at radius 3 is 2.45 bits per heavy atom. The van der Waals surface area contributed by atoms with E-state index in [9.17, 15) is 14.7 Å². The second-order valence-electron chi connectivity index (χ2n) is 11.5. The Morgan fingerprint density at radius 1 is 1.02 bits per heavy atom. The van der Waals surface area contributed by atoms with Crippen LogP contribution in [0.25, 0.3) is 10.8 Å². The second kappa shape index (κ2) is 13.8. The molecule has 3 amide bonds. The highest BCUT2D eigenvalue weighted by Crippen LogP contribution is 2.35. The molecule has 0 fully saturated rings. The number of aliphatic hydroxyl groups is 1. The van der Waals surface area contributed by atoms with E-state index < -0.39 is 6.03 Å². The number of ether oxygens (including phenoxy) is 2. The number of likely N-dealkylation sites (N-methyl/N-ethyl adjacent to an activating group) is 1. The first kappa shape index (κ1) is 30.8. The van der Waals surface area contributed by atoms with Crippen LogP contribution in [0.15, 0.2) is 84.9 Å². The molecule has 9 nitrogen and oxygen atoms in total. The molecule has 9 heteroatoms. The molecule has 1 aliphatic heterocycles. The van der Waals surface area contributed by atoms with Crippen molar-refractivity contribution in [3.8, 4) is 11.5 Å². The number of anilines is 2. The smallest absolute Gasteiger partial charge is 0.323 e. The maximum atomic E-state index is 13.8. The SMILES string of the molecule is COc1ccc(CN(C)C[C@H]2Oc3c(NC(=O)Nc4cccc5ccccc45)cccc3C(=O)N([C@@H](C)CO)C[C@H]2C)cc1. The molecule has 0 radical (unpaired) electrons. The summed E-state index contributed by atoms with van der Waals surface area (Å²) in [6, 6.07) is 25.8. The van der Waals surface area contributed by atoms with E-state index in [1.807, 2.05) is 87.6 Å². The van der Waals surface area contributed by atoms with Gasteiger partial charge < -0.3 is 30.1 Å². The Labute approximate surface area is 258 Å². The van der Waals surface area contributed by atoms with E-state index in [2.05, 4.69) is 15.5 Å². The van der Waals surface area contributed by atoms with Crippen LogP contribution in [0.3, 0.4) is 0 Å². The first-order valence-corrected chi connectivity index (χ1v) is 14.9. The van der Waals surface area contributed by atoms with Crippen molar-refractivity contribution in [2.24, 2.45) is 5.92 Å². The second-order valence-corrected chi connectivity index (χ2v) is 11.5. The van der Waals surface area contributed by atoms with E-state index in [4.69, 9.17) is 9.47 Å². The number of aliphatic hydroxyl groups excluding tert-OH is 1. The number of nitrogens with one attached hydrogen (secondary N) is 2. The summed E-state index contributed by atoms with van der Waals surface area (Å²) in [5, 5.41) is 17.8. The van der Waals surface area contributed by atoms with Crippen molar-refractivity contribution in [3.05, 3.63) is 96.1 Å². The van der Waals surface area contributed by atoms with Crippen molar-refractivity contribution in [1.82, 2.24) is 9.80 Å². The minimum atomic E-state index is -0.449. The van der Waals surface area contributed by atoms with Crippen LogP contribution in [-0.2, 0) is 6.54 Å². The molecule has 5 rings (SSSR count). The molecule has 4 aromatic carbocycles. The lowest BCUT2D eigenvalue weighted by molar-refractivity contribution is 0.0343. The predicted molar refractivity (Wildman–Crippen MR) is 174 cm³/mol. The van der Waals surface area contributed by atoms with E-state index >= 15 is 0 Å². The molecule has 0 aliphatic carbocycles. The predicted octanol–water partition coefficient (Wildman–Crippen LogP) is 5.84. The summed E-state index contributed by atoms with van der Waals surface area (Å²) in [6.07, 6.45) is -0.317. The van der Waals surface area contributed by atoms with Crippen LogP contribution in [0.5, 0.6) is 11.5 Å². The molecule has 0 saturated heterocycles. The van der Waals surface area contributed by atoms with Crippen molar-refractivity contribution >= 4 is 34.1 Å². The number of hydrogen-bond donors (Lipinski definition) is 3. The number of fused-ring (bicyclic) bond motifs is 2.